The van der Waals surface area contributed by atoms with Gasteiger partial charge in [-0.15, -0.1) is 0 Å². The Morgan fingerprint density at radius 3 is 2.81 bits per heavy atom. The molecule has 0 radical (unpaired) electrons. The standard InChI is InChI=1S/C14H20O2/c1-9-8-13-12(5-6-14(13)16)10(2)11(9)4-3-7-15/h8,14-16H,3-7H2,1-2H3. The van der Waals surface area contributed by atoms with Gasteiger partial charge in [-0.1, -0.05) is 6.07 Å². The molecule has 1 aliphatic rings. The van der Waals surface area contributed by atoms with E-state index in [1.54, 1.807) is 0 Å². The van der Waals surface area contributed by atoms with Gasteiger partial charge in [-0.3, -0.25) is 0 Å². The maximum atomic E-state index is 9.86. The van der Waals surface area contributed by atoms with E-state index in [1.165, 1.54) is 22.3 Å². The van der Waals surface area contributed by atoms with E-state index in [0.717, 1.165) is 31.2 Å². The minimum atomic E-state index is -0.265. The highest BCUT2D eigenvalue weighted by molar-refractivity contribution is 5.48. The molecule has 0 fully saturated rings. The third-order valence-corrected chi connectivity index (χ3v) is 3.71. The Labute approximate surface area is 96.9 Å². The summed E-state index contributed by atoms with van der Waals surface area (Å²) in [5.74, 6) is 0. The SMILES string of the molecule is Cc1cc2c(c(C)c1CCCO)CCC2O. The van der Waals surface area contributed by atoms with Crippen LogP contribution in [0, 0.1) is 13.8 Å². The van der Waals surface area contributed by atoms with Crippen LogP contribution in [0.3, 0.4) is 0 Å². The first-order chi connectivity index (χ1) is 7.65. The molecule has 0 saturated heterocycles. The van der Waals surface area contributed by atoms with Crippen molar-refractivity contribution >= 4 is 0 Å². The molecule has 0 aromatic heterocycles. The van der Waals surface area contributed by atoms with E-state index >= 15 is 0 Å². The molecule has 0 spiro atoms. The maximum Gasteiger partial charge on any atom is 0.0796 e. The van der Waals surface area contributed by atoms with Crippen molar-refractivity contribution in [1.82, 2.24) is 0 Å². The summed E-state index contributed by atoms with van der Waals surface area (Å²) in [5, 5.41) is 18.8. The number of hydrogen-bond acceptors (Lipinski definition) is 2. The van der Waals surface area contributed by atoms with E-state index in [-0.39, 0.29) is 12.7 Å². The molecule has 2 N–H and O–H groups in total. The summed E-state index contributed by atoms with van der Waals surface area (Å²) in [6, 6.07) is 2.13. The Bertz CT molecular complexity index is 396. The molecular weight excluding hydrogens is 200 g/mol. The van der Waals surface area contributed by atoms with Crippen molar-refractivity contribution in [3.8, 4) is 0 Å². The summed E-state index contributed by atoms with van der Waals surface area (Å²) in [6.07, 6.45) is 3.35. The highest BCUT2D eigenvalue weighted by Gasteiger charge is 2.23. The molecular formula is C14H20O2. The number of benzene rings is 1. The maximum absolute atomic E-state index is 9.86. The topological polar surface area (TPSA) is 40.5 Å². The van der Waals surface area contributed by atoms with Crippen molar-refractivity contribution in [1.29, 1.82) is 0 Å². The molecule has 0 saturated carbocycles. The normalized spacial score (nSPS) is 18.9. The average molecular weight is 220 g/mol. The van der Waals surface area contributed by atoms with Crippen LogP contribution in [0.4, 0.5) is 0 Å². The van der Waals surface area contributed by atoms with Gasteiger partial charge in [0.1, 0.15) is 0 Å². The van der Waals surface area contributed by atoms with E-state index in [0.29, 0.717) is 0 Å². The Morgan fingerprint density at radius 1 is 1.38 bits per heavy atom. The van der Waals surface area contributed by atoms with Crippen molar-refractivity contribution in [2.24, 2.45) is 0 Å². The van der Waals surface area contributed by atoms with Gasteiger partial charge in [0.25, 0.3) is 0 Å². The van der Waals surface area contributed by atoms with E-state index in [4.69, 9.17) is 5.11 Å². The number of aliphatic hydroxyl groups is 2. The van der Waals surface area contributed by atoms with Crippen molar-refractivity contribution < 1.29 is 10.2 Å². The average Bonchev–Trinajstić information content (AvgIpc) is 2.61. The van der Waals surface area contributed by atoms with Crippen molar-refractivity contribution in [3.05, 3.63) is 33.9 Å². The van der Waals surface area contributed by atoms with Gasteiger partial charge in [0, 0.05) is 6.61 Å². The third-order valence-electron chi connectivity index (χ3n) is 3.71. The molecule has 2 heteroatoms. The predicted octanol–water partition coefficient (Wildman–Crippen LogP) is 2.21. The summed E-state index contributed by atoms with van der Waals surface area (Å²) < 4.78 is 0. The predicted molar refractivity (Wildman–Crippen MR) is 64.6 cm³/mol. The highest BCUT2D eigenvalue weighted by Crippen LogP contribution is 2.36. The summed E-state index contributed by atoms with van der Waals surface area (Å²) in [5.41, 5.74) is 6.42. The molecule has 2 rings (SSSR count). The van der Waals surface area contributed by atoms with Gasteiger partial charge in [-0.2, -0.15) is 0 Å². The second kappa shape index (κ2) is 4.56. The lowest BCUT2D eigenvalue weighted by atomic mass is 9.91. The second-order valence-electron chi connectivity index (χ2n) is 4.75. The minimum Gasteiger partial charge on any atom is -0.396 e. The summed E-state index contributed by atoms with van der Waals surface area (Å²) >= 11 is 0. The Kier molecular flexibility index (Phi) is 3.31. The van der Waals surface area contributed by atoms with Gasteiger partial charge in [0.05, 0.1) is 6.10 Å². The molecule has 0 amide bonds. The van der Waals surface area contributed by atoms with Crippen LogP contribution in [-0.2, 0) is 12.8 Å². The van der Waals surface area contributed by atoms with E-state index < -0.39 is 0 Å². The first-order valence-corrected chi connectivity index (χ1v) is 6.06. The fraction of sp³-hybridized carbons (Fsp3) is 0.571. The van der Waals surface area contributed by atoms with E-state index in [2.05, 4.69) is 19.9 Å². The van der Waals surface area contributed by atoms with Crippen molar-refractivity contribution in [3.63, 3.8) is 0 Å². The van der Waals surface area contributed by atoms with Gasteiger partial charge in [0.15, 0.2) is 0 Å². The van der Waals surface area contributed by atoms with Crippen LogP contribution in [0.25, 0.3) is 0 Å². The molecule has 0 bridgehead atoms. The molecule has 16 heavy (non-hydrogen) atoms. The zero-order chi connectivity index (χ0) is 11.7. The molecule has 1 aliphatic carbocycles. The van der Waals surface area contributed by atoms with Crippen molar-refractivity contribution in [2.75, 3.05) is 6.61 Å². The Hall–Kier alpha value is -0.860. The largest absolute Gasteiger partial charge is 0.396 e. The quantitative estimate of drug-likeness (QED) is 0.820. The molecule has 88 valence electrons. The fourth-order valence-corrected chi connectivity index (χ4v) is 2.81. The lowest BCUT2D eigenvalue weighted by Crippen LogP contribution is -2.02. The van der Waals surface area contributed by atoms with Crippen LogP contribution in [0.1, 0.15) is 46.8 Å². The zero-order valence-electron chi connectivity index (χ0n) is 10.1. The molecule has 1 aromatic rings. The Morgan fingerprint density at radius 2 is 2.12 bits per heavy atom. The van der Waals surface area contributed by atoms with Crippen LogP contribution in [0.15, 0.2) is 6.07 Å². The van der Waals surface area contributed by atoms with Gasteiger partial charge in [-0.05, 0) is 67.3 Å². The summed E-state index contributed by atoms with van der Waals surface area (Å²) in [4.78, 5) is 0. The molecule has 2 nitrogen and oxygen atoms in total. The number of hydrogen-bond donors (Lipinski definition) is 2. The van der Waals surface area contributed by atoms with E-state index in [9.17, 15) is 5.11 Å². The molecule has 1 aromatic carbocycles. The number of rotatable bonds is 3. The van der Waals surface area contributed by atoms with E-state index in [1.807, 2.05) is 0 Å². The minimum absolute atomic E-state index is 0.249. The first-order valence-electron chi connectivity index (χ1n) is 6.06. The van der Waals surface area contributed by atoms with Crippen LogP contribution in [0.5, 0.6) is 0 Å². The van der Waals surface area contributed by atoms with Crippen LogP contribution in [0.2, 0.25) is 0 Å². The van der Waals surface area contributed by atoms with Crippen LogP contribution < -0.4 is 0 Å². The monoisotopic (exact) mass is 220 g/mol. The second-order valence-corrected chi connectivity index (χ2v) is 4.75. The van der Waals surface area contributed by atoms with Gasteiger partial charge in [-0.25, -0.2) is 0 Å². The van der Waals surface area contributed by atoms with Gasteiger partial charge < -0.3 is 10.2 Å². The number of fused-ring (bicyclic) bond motifs is 1. The fourth-order valence-electron chi connectivity index (χ4n) is 2.81. The van der Waals surface area contributed by atoms with Gasteiger partial charge in [0.2, 0.25) is 0 Å². The van der Waals surface area contributed by atoms with Crippen LogP contribution in [-0.4, -0.2) is 16.8 Å². The lowest BCUT2D eigenvalue weighted by Gasteiger charge is -2.15. The summed E-state index contributed by atoms with van der Waals surface area (Å²) in [6.45, 7) is 4.50. The first kappa shape index (κ1) is 11.6. The Balaban J connectivity index is 2.41. The highest BCUT2D eigenvalue weighted by atomic mass is 16.3. The van der Waals surface area contributed by atoms with Crippen LogP contribution >= 0.6 is 0 Å². The molecule has 1 unspecified atom stereocenters. The van der Waals surface area contributed by atoms with Crippen molar-refractivity contribution in [2.45, 2.75) is 45.6 Å². The molecule has 0 aliphatic heterocycles. The zero-order valence-corrected chi connectivity index (χ0v) is 10.1. The smallest absolute Gasteiger partial charge is 0.0796 e. The lowest BCUT2D eigenvalue weighted by molar-refractivity contribution is 0.180. The number of aryl methyl sites for hydroxylation is 1. The summed E-state index contributed by atoms with van der Waals surface area (Å²) in [7, 11) is 0. The third kappa shape index (κ3) is 1.87. The molecule has 1 atom stereocenters. The molecule has 0 heterocycles. The number of aliphatic hydroxyl groups excluding tert-OH is 2. The van der Waals surface area contributed by atoms with Gasteiger partial charge >= 0.3 is 0 Å².